The van der Waals surface area contributed by atoms with Crippen LogP contribution in [0, 0.1) is 6.92 Å². The van der Waals surface area contributed by atoms with Gasteiger partial charge in [0.2, 0.25) is 0 Å². The van der Waals surface area contributed by atoms with Crippen LogP contribution in [0.2, 0.25) is 0 Å². The molecule has 1 aromatic heterocycles. The number of nitrogens with zero attached hydrogens (tertiary/aromatic N) is 2. The third-order valence-electron chi connectivity index (χ3n) is 4.91. The van der Waals surface area contributed by atoms with E-state index in [0.717, 1.165) is 28.7 Å². The maximum absolute atomic E-state index is 12.3. The maximum atomic E-state index is 12.3. The van der Waals surface area contributed by atoms with Crippen molar-refractivity contribution in [3.05, 3.63) is 41.1 Å². The summed E-state index contributed by atoms with van der Waals surface area (Å²) in [7, 11) is 1.43. The zero-order chi connectivity index (χ0) is 16.4. The van der Waals surface area contributed by atoms with Gasteiger partial charge in [0.15, 0.2) is 0 Å². The molecule has 0 saturated carbocycles. The first-order chi connectivity index (χ1) is 11.1. The summed E-state index contributed by atoms with van der Waals surface area (Å²) in [6.07, 6.45) is 3.70. The van der Waals surface area contributed by atoms with E-state index in [1.807, 2.05) is 31.2 Å². The summed E-state index contributed by atoms with van der Waals surface area (Å²) >= 11 is 0. The van der Waals surface area contributed by atoms with E-state index in [-0.39, 0.29) is 5.97 Å². The summed E-state index contributed by atoms with van der Waals surface area (Å²) in [6.45, 7) is 6.01. The maximum Gasteiger partial charge on any atom is 0.340 e. The number of likely N-dealkylation sites (tertiary alicyclic amines) is 1. The molecule has 1 saturated heterocycles. The molecular weight excluding hydrogens is 288 g/mol. The quantitative estimate of drug-likeness (QED) is 0.810. The number of ether oxygens (including phenoxy) is 1. The van der Waals surface area contributed by atoms with Crippen LogP contribution in [-0.4, -0.2) is 35.5 Å². The predicted molar refractivity (Wildman–Crippen MR) is 91.5 cm³/mol. The second kappa shape index (κ2) is 6.67. The summed E-state index contributed by atoms with van der Waals surface area (Å²) in [5.41, 5.74) is 3.37. The zero-order valence-electron chi connectivity index (χ0n) is 14.1. The van der Waals surface area contributed by atoms with E-state index in [9.17, 15) is 4.79 Å². The first kappa shape index (κ1) is 15.9. The van der Waals surface area contributed by atoms with Gasteiger partial charge in [-0.15, -0.1) is 0 Å². The Labute approximate surface area is 137 Å². The standard InChI is InChI=1S/C19H24N2O2/c1-13-8-6-7-11-21(13)12-17-18(19(22)23-3)14(2)15-9-4-5-10-16(15)20-17/h4-5,9-10,13H,6-8,11-12H2,1-3H3/t13-/m1/s1. The molecule has 1 aliphatic heterocycles. The van der Waals surface area contributed by atoms with E-state index in [1.54, 1.807) is 0 Å². The second-order valence-electron chi connectivity index (χ2n) is 6.38. The summed E-state index contributed by atoms with van der Waals surface area (Å²) in [4.78, 5) is 19.6. The number of methoxy groups -OCH3 is 1. The number of aromatic nitrogens is 1. The van der Waals surface area contributed by atoms with Gasteiger partial charge in [-0.3, -0.25) is 9.88 Å². The highest BCUT2D eigenvalue weighted by Gasteiger charge is 2.24. The number of esters is 1. The lowest BCUT2D eigenvalue weighted by molar-refractivity contribution is 0.0595. The van der Waals surface area contributed by atoms with E-state index >= 15 is 0 Å². The van der Waals surface area contributed by atoms with Crippen LogP contribution in [-0.2, 0) is 11.3 Å². The van der Waals surface area contributed by atoms with Gasteiger partial charge in [0, 0.05) is 18.0 Å². The molecule has 122 valence electrons. The number of para-hydroxylation sites is 1. The molecule has 1 aliphatic rings. The zero-order valence-corrected chi connectivity index (χ0v) is 14.1. The van der Waals surface area contributed by atoms with Crippen molar-refractivity contribution >= 4 is 16.9 Å². The minimum Gasteiger partial charge on any atom is -0.465 e. The average Bonchev–Trinajstić information content (AvgIpc) is 2.57. The normalized spacial score (nSPS) is 19.0. The molecular formula is C19H24N2O2. The molecule has 0 N–H and O–H groups in total. The molecule has 3 rings (SSSR count). The molecule has 4 nitrogen and oxygen atoms in total. The van der Waals surface area contributed by atoms with Gasteiger partial charge in [0.05, 0.1) is 23.9 Å². The molecule has 23 heavy (non-hydrogen) atoms. The van der Waals surface area contributed by atoms with Gasteiger partial charge in [0.25, 0.3) is 0 Å². The van der Waals surface area contributed by atoms with E-state index in [0.29, 0.717) is 18.2 Å². The molecule has 2 aromatic rings. The predicted octanol–water partition coefficient (Wildman–Crippen LogP) is 3.70. The molecule has 2 heterocycles. The number of piperidine rings is 1. The first-order valence-electron chi connectivity index (χ1n) is 8.32. The van der Waals surface area contributed by atoms with E-state index in [2.05, 4.69) is 11.8 Å². The third-order valence-corrected chi connectivity index (χ3v) is 4.91. The van der Waals surface area contributed by atoms with Gasteiger partial charge < -0.3 is 4.74 Å². The molecule has 1 fully saturated rings. The number of benzene rings is 1. The third kappa shape index (κ3) is 3.08. The molecule has 4 heteroatoms. The average molecular weight is 312 g/mol. The largest absolute Gasteiger partial charge is 0.465 e. The van der Waals surface area contributed by atoms with Crippen LogP contribution in [0.3, 0.4) is 0 Å². The fraction of sp³-hybridized carbons (Fsp3) is 0.474. The van der Waals surface area contributed by atoms with Gasteiger partial charge >= 0.3 is 5.97 Å². The lowest BCUT2D eigenvalue weighted by Gasteiger charge is -2.33. The number of pyridine rings is 1. The molecule has 0 radical (unpaired) electrons. The van der Waals surface area contributed by atoms with Crippen molar-refractivity contribution in [2.24, 2.45) is 0 Å². The highest BCUT2D eigenvalue weighted by atomic mass is 16.5. The van der Waals surface area contributed by atoms with Gasteiger partial charge in [0.1, 0.15) is 0 Å². The molecule has 1 aromatic carbocycles. The number of aryl methyl sites for hydroxylation is 1. The van der Waals surface area contributed by atoms with Crippen LogP contribution in [0.15, 0.2) is 24.3 Å². The molecule has 0 aliphatic carbocycles. The summed E-state index contributed by atoms with van der Waals surface area (Å²) in [6, 6.07) is 8.51. The summed E-state index contributed by atoms with van der Waals surface area (Å²) < 4.78 is 5.03. The number of carbonyl (C=O) groups is 1. The van der Waals surface area contributed by atoms with Crippen molar-refractivity contribution in [1.82, 2.24) is 9.88 Å². The van der Waals surface area contributed by atoms with Gasteiger partial charge in [-0.05, 0) is 44.9 Å². The highest BCUT2D eigenvalue weighted by Crippen LogP contribution is 2.26. The number of hydrogen-bond donors (Lipinski definition) is 0. The van der Waals surface area contributed by atoms with E-state index in [1.165, 1.54) is 26.4 Å². The molecule has 0 spiro atoms. The lowest BCUT2D eigenvalue weighted by Crippen LogP contribution is -2.37. The first-order valence-corrected chi connectivity index (χ1v) is 8.32. The second-order valence-corrected chi connectivity index (χ2v) is 6.38. The van der Waals surface area contributed by atoms with Crippen LogP contribution < -0.4 is 0 Å². The van der Waals surface area contributed by atoms with Gasteiger partial charge in [-0.2, -0.15) is 0 Å². The van der Waals surface area contributed by atoms with Crippen molar-refractivity contribution in [1.29, 1.82) is 0 Å². The Balaban J connectivity index is 2.08. The Morgan fingerprint density at radius 3 is 2.87 bits per heavy atom. The van der Waals surface area contributed by atoms with Crippen LogP contribution in [0.5, 0.6) is 0 Å². The minimum atomic E-state index is -0.291. The SMILES string of the molecule is COC(=O)c1c(CN2CCCC[C@H]2C)nc2ccccc2c1C. The lowest BCUT2D eigenvalue weighted by atomic mass is 9.99. The highest BCUT2D eigenvalue weighted by molar-refractivity contribution is 5.98. The Morgan fingerprint density at radius 2 is 2.13 bits per heavy atom. The Kier molecular flexibility index (Phi) is 4.62. The van der Waals surface area contributed by atoms with Crippen molar-refractivity contribution in [2.75, 3.05) is 13.7 Å². The van der Waals surface area contributed by atoms with E-state index in [4.69, 9.17) is 9.72 Å². The van der Waals surface area contributed by atoms with Crippen LogP contribution in [0.25, 0.3) is 10.9 Å². The molecule has 0 amide bonds. The number of rotatable bonds is 3. The number of fused-ring (bicyclic) bond motifs is 1. The smallest absolute Gasteiger partial charge is 0.340 e. The fourth-order valence-electron chi connectivity index (χ4n) is 3.51. The fourth-order valence-corrected chi connectivity index (χ4v) is 3.51. The van der Waals surface area contributed by atoms with Crippen LogP contribution in [0.4, 0.5) is 0 Å². The van der Waals surface area contributed by atoms with Crippen molar-refractivity contribution in [3.8, 4) is 0 Å². The van der Waals surface area contributed by atoms with Crippen molar-refractivity contribution in [3.63, 3.8) is 0 Å². The summed E-state index contributed by atoms with van der Waals surface area (Å²) in [5, 5.41) is 1.02. The van der Waals surface area contributed by atoms with Crippen molar-refractivity contribution < 1.29 is 9.53 Å². The Hall–Kier alpha value is -1.94. The summed E-state index contributed by atoms with van der Waals surface area (Å²) in [5.74, 6) is -0.291. The number of carbonyl (C=O) groups excluding carboxylic acids is 1. The molecule has 1 atom stereocenters. The molecule has 0 unspecified atom stereocenters. The van der Waals surface area contributed by atoms with Crippen molar-refractivity contribution in [2.45, 2.75) is 45.7 Å². The van der Waals surface area contributed by atoms with Crippen LogP contribution >= 0.6 is 0 Å². The Bertz CT molecular complexity index is 727. The monoisotopic (exact) mass is 312 g/mol. The van der Waals surface area contributed by atoms with Crippen LogP contribution in [0.1, 0.15) is 47.8 Å². The minimum absolute atomic E-state index is 0.291. The topological polar surface area (TPSA) is 42.4 Å². The Morgan fingerprint density at radius 1 is 1.35 bits per heavy atom. The van der Waals surface area contributed by atoms with Gasteiger partial charge in [-0.1, -0.05) is 24.6 Å². The van der Waals surface area contributed by atoms with E-state index < -0.39 is 0 Å². The van der Waals surface area contributed by atoms with Gasteiger partial charge in [-0.25, -0.2) is 4.79 Å². The number of hydrogen-bond acceptors (Lipinski definition) is 4. The molecule has 0 bridgehead atoms.